The number of hydrogen-bond donors (Lipinski definition) is 1. The number of aromatic nitrogens is 1. The van der Waals surface area contributed by atoms with Gasteiger partial charge in [0.2, 0.25) is 0 Å². The van der Waals surface area contributed by atoms with Gasteiger partial charge >= 0.3 is 5.97 Å². The van der Waals surface area contributed by atoms with Gasteiger partial charge in [-0.3, -0.25) is 4.79 Å². The molecule has 0 unspecified atom stereocenters. The molecule has 3 aromatic rings. The van der Waals surface area contributed by atoms with Crippen LogP contribution >= 0.6 is 23.1 Å². The van der Waals surface area contributed by atoms with Crippen molar-refractivity contribution in [3.63, 3.8) is 0 Å². The van der Waals surface area contributed by atoms with Crippen molar-refractivity contribution in [1.29, 1.82) is 0 Å². The number of carbonyl (C=O) groups is 2. The molecule has 7 heteroatoms. The Morgan fingerprint density at radius 2 is 1.96 bits per heavy atom. The molecular weight excluding hydrogens is 368 g/mol. The molecule has 0 aliphatic rings. The second kappa shape index (κ2) is 8.64. The van der Waals surface area contributed by atoms with E-state index in [0.717, 1.165) is 27.7 Å². The van der Waals surface area contributed by atoms with Crippen molar-refractivity contribution in [2.75, 3.05) is 12.4 Å². The molecule has 0 aliphatic heterocycles. The van der Waals surface area contributed by atoms with Crippen LogP contribution in [0.3, 0.4) is 0 Å². The molecule has 0 saturated heterocycles. The highest BCUT2D eigenvalue weighted by molar-refractivity contribution is 7.98. The van der Waals surface area contributed by atoms with Crippen molar-refractivity contribution in [1.82, 2.24) is 4.98 Å². The fourth-order valence-corrected chi connectivity index (χ4v) is 3.82. The molecule has 0 saturated carbocycles. The number of ether oxygens (including phenoxy) is 1. The standard InChI is InChI=1S/C19H16N2O3S2/c1-24-19(23)16-9-8-15(26-16)18(22)21-14-6-4-5-13(11-14)12-25-17-7-2-3-10-20-17/h2-11H,12H2,1H3,(H,21,22). The average Bonchev–Trinajstić information content (AvgIpc) is 3.17. The Morgan fingerprint density at radius 1 is 1.12 bits per heavy atom. The molecule has 0 atom stereocenters. The number of nitrogens with zero attached hydrogens (tertiary/aromatic N) is 1. The Balaban J connectivity index is 1.63. The third-order valence-electron chi connectivity index (χ3n) is 3.43. The Hall–Kier alpha value is -2.64. The van der Waals surface area contributed by atoms with E-state index in [-0.39, 0.29) is 5.91 Å². The van der Waals surface area contributed by atoms with Crippen LogP contribution in [-0.4, -0.2) is 24.0 Å². The van der Waals surface area contributed by atoms with Crippen molar-refractivity contribution >= 4 is 40.7 Å². The van der Waals surface area contributed by atoms with Crippen LogP contribution in [0, 0.1) is 0 Å². The molecule has 2 heterocycles. The second-order valence-electron chi connectivity index (χ2n) is 5.27. The summed E-state index contributed by atoms with van der Waals surface area (Å²) in [6, 6.07) is 16.7. The SMILES string of the molecule is COC(=O)c1ccc(C(=O)Nc2cccc(CSc3ccccn3)c2)s1. The highest BCUT2D eigenvalue weighted by Gasteiger charge is 2.14. The van der Waals surface area contributed by atoms with Crippen molar-refractivity contribution in [3.8, 4) is 0 Å². The van der Waals surface area contributed by atoms with Crippen LogP contribution in [0.4, 0.5) is 5.69 Å². The van der Waals surface area contributed by atoms with Gasteiger partial charge in [-0.05, 0) is 42.0 Å². The van der Waals surface area contributed by atoms with Crippen molar-refractivity contribution in [2.24, 2.45) is 0 Å². The lowest BCUT2D eigenvalue weighted by Crippen LogP contribution is -2.10. The van der Waals surface area contributed by atoms with Gasteiger partial charge in [0, 0.05) is 17.6 Å². The van der Waals surface area contributed by atoms with Gasteiger partial charge < -0.3 is 10.1 Å². The van der Waals surface area contributed by atoms with Crippen LogP contribution in [0.25, 0.3) is 0 Å². The Morgan fingerprint density at radius 3 is 2.73 bits per heavy atom. The topological polar surface area (TPSA) is 68.3 Å². The maximum absolute atomic E-state index is 12.4. The van der Waals surface area contributed by atoms with Crippen LogP contribution in [0.15, 0.2) is 65.8 Å². The van der Waals surface area contributed by atoms with E-state index in [1.165, 1.54) is 7.11 Å². The van der Waals surface area contributed by atoms with Crippen molar-refractivity contribution < 1.29 is 14.3 Å². The quantitative estimate of drug-likeness (QED) is 0.501. The maximum Gasteiger partial charge on any atom is 0.348 e. The van der Waals surface area contributed by atoms with Crippen LogP contribution in [0.5, 0.6) is 0 Å². The Labute approximate surface area is 159 Å². The number of rotatable bonds is 6. The first-order valence-electron chi connectivity index (χ1n) is 7.78. The number of esters is 1. The van der Waals surface area contributed by atoms with Gasteiger partial charge in [0.05, 0.1) is 17.0 Å². The smallest absolute Gasteiger partial charge is 0.348 e. The van der Waals surface area contributed by atoms with Gasteiger partial charge in [0.25, 0.3) is 5.91 Å². The van der Waals surface area contributed by atoms with E-state index in [9.17, 15) is 9.59 Å². The Bertz CT molecular complexity index is 910. The minimum absolute atomic E-state index is 0.250. The number of anilines is 1. The monoisotopic (exact) mass is 384 g/mol. The zero-order valence-corrected chi connectivity index (χ0v) is 15.6. The third kappa shape index (κ3) is 4.71. The first-order valence-corrected chi connectivity index (χ1v) is 9.58. The van der Waals surface area contributed by atoms with Crippen molar-refractivity contribution in [3.05, 3.63) is 76.1 Å². The zero-order chi connectivity index (χ0) is 18.4. The summed E-state index contributed by atoms with van der Waals surface area (Å²) in [6.45, 7) is 0. The number of thiophene rings is 1. The predicted molar refractivity (Wildman–Crippen MR) is 104 cm³/mol. The average molecular weight is 384 g/mol. The van der Waals surface area contributed by atoms with Crippen LogP contribution in [0.1, 0.15) is 24.9 Å². The van der Waals surface area contributed by atoms with Gasteiger partial charge in [-0.25, -0.2) is 9.78 Å². The molecule has 1 N–H and O–H groups in total. The molecule has 3 rings (SSSR count). The lowest BCUT2D eigenvalue weighted by Gasteiger charge is -2.06. The summed E-state index contributed by atoms with van der Waals surface area (Å²) in [6.07, 6.45) is 1.77. The molecule has 0 bridgehead atoms. The number of thioether (sulfide) groups is 1. The lowest BCUT2D eigenvalue weighted by molar-refractivity contribution is 0.0606. The minimum atomic E-state index is -0.442. The molecule has 0 fully saturated rings. The molecule has 0 spiro atoms. The molecular formula is C19H16N2O3S2. The molecule has 2 aromatic heterocycles. The lowest BCUT2D eigenvalue weighted by atomic mass is 10.2. The van der Waals surface area contributed by atoms with Gasteiger partial charge in [-0.1, -0.05) is 18.2 Å². The minimum Gasteiger partial charge on any atom is -0.465 e. The van der Waals surface area contributed by atoms with E-state index in [2.05, 4.69) is 15.0 Å². The van der Waals surface area contributed by atoms with E-state index in [4.69, 9.17) is 0 Å². The highest BCUT2D eigenvalue weighted by Crippen LogP contribution is 2.23. The molecule has 1 aromatic carbocycles. The summed E-state index contributed by atoms with van der Waals surface area (Å²) in [4.78, 5) is 29.0. The third-order valence-corrected chi connectivity index (χ3v) is 5.50. The van der Waals surface area contributed by atoms with Gasteiger partial charge in [0.1, 0.15) is 4.88 Å². The summed E-state index contributed by atoms with van der Waals surface area (Å²) in [5, 5.41) is 3.82. The molecule has 0 radical (unpaired) electrons. The number of methoxy groups -OCH3 is 1. The zero-order valence-electron chi connectivity index (χ0n) is 14.0. The molecule has 132 valence electrons. The maximum atomic E-state index is 12.4. The number of hydrogen-bond acceptors (Lipinski definition) is 6. The van der Waals surface area contributed by atoms with E-state index >= 15 is 0 Å². The largest absolute Gasteiger partial charge is 0.465 e. The second-order valence-corrected chi connectivity index (χ2v) is 7.35. The van der Waals surface area contributed by atoms with Gasteiger partial charge in [0.15, 0.2) is 0 Å². The first-order chi connectivity index (χ1) is 12.7. The van der Waals surface area contributed by atoms with Crippen molar-refractivity contribution in [2.45, 2.75) is 10.8 Å². The molecule has 26 heavy (non-hydrogen) atoms. The Kier molecular flexibility index (Phi) is 6.04. The van der Waals surface area contributed by atoms with Gasteiger partial charge in [-0.15, -0.1) is 23.1 Å². The summed E-state index contributed by atoms with van der Waals surface area (Å²) in [5.74, 6) is 0.0638. The number of amides is 1. The van der Waals surface area contributed by atoms with Gasteiger partial charge in [-0.2, -0.15) is 0 Å². The van der Waals surface area contributed by atoms with E-state index in [0.29, 0.717) is 15.4 Å². The first kappa shape index (κ1) is 18.2. The number of nitrogens with one attached hydrogen (secondary N) is 1. The number of pyridine rings is 1. The summed E-state index contributed by atoms with van der Waals surface area (Å²) in [5.41, 5.74) is 1.79. The molecule has 0 aliphatic carbocycles. The predicted octanol–water partition coefficient (Wildman–Crippen LogP) is 4.47. The van der Waals surface area contributed by atoms with Crippen LogP contribution < -0.4 is 5.32 Å². The number of carbonyl (C=O) groups excluding carboxylic acids is 2. The van der Waals surface area contributed by atoms with E-state index < -0.39 is 5.97 Å². The number of benzene rings is 1. The summed E-state index contributed by atoms with van der Waals surface area (Å²) in [7, 11) is 1.32. The van der Waals surface area contributed by atoms with Crippen LogP contribution in [0.2, 0.25) is 0 Å². The fraction of sp³-hybridized carbons (Fsp3) is 0.105. The van der Waals surface area contributed by atoms with Crippen LogP contribution in [-0.2, 0) is 10.5 Å². The normalized spacial score (nSPS) is 10.3. The molecule has 5 nitrogen and oxygen atoms in total. The molecule has 1 amide bonds. The highest BCUT2D eigenvalue weighted by atomic mass is 32.2. The van der Waals surface area contributed by atoms with E-state index in [1.54, 1.807) is 30.1 Å². The van der Waals surface area contributed by atoms with E-state index in [1.807, 2.05) is 42.5 Å². The summed E-state index contributed by atoms with van der Waals surface area (Å²) >= 11 is 2.74. The summed E-state index contributed by atoms with van der Waals surface area (Å²) < 4.78 is 4.66. The fourth-order valence-electron chi connectivity index (χ4n) is 2.19.